The van der Waals surface area contributed by atoms with Crippen molar-refractivity contribution in [1.82, 2.24) is 0 Å². The Morgan fingerprint density at radius 3 is 0.900 bits per heavy atom. The van der Waals surface area contributed by atoms with Crippen LogP contribution in [0.3, 0.4) is 0 Å². The van der Waals surface area contributed by atoms with Gasteiger partial charge in [-0.15, -0.1) is 0 Å². The van der Waals surface area contributed by atoms with Gasteiger partial charge in [-0.05, 0) is 0 Å². The van der Waals surface area contributed by atoms with Crippen LogP contribution in [-0.2, 0) is 57.1 Å². The van der Waals surface area contributed by atoms with Gasteiger partial charge in [-0.3, -0.25) is 0 Å². The molecule has 0 bridgehead atoms. The average molecular weight is 432 g/mol. The first-order valence-corrected chi connectivity index (χ1v) is 9.26. The number of carbonyl (C=O) groups is 4. The van der Waals surface area contributed by atoms with Gasteiger partial charge in [0.2, 0.25) is 0 Å². The Labute approximate surface area is 171 Å². The normalized spacial score (nSPS) is 31.3. The van der Waals surface area contributed by atoms with E-state index in [-0.39, 0.29) is 25.7 Å². The lowest BCUT2D eigenvalue weighted by atomic mass is 9.89. The second kappa shape index (κ2) is 8.46. The summed E-state index contributed by atoms with van der Waals surface area (Å²) in [5, 5.41) is 0. The van der Waals surface area contributed by atoms with Crippen LogP contribution in [0.4, 0.5) is 0 Å². The van der Waals surface area contributed by atoms with Gasteiger partial charge in [-0.25, -0.2) is 19.2 Å². The third kappa shape index (κ3) is 3.87. The summed E-state index contributed by atoms with van der Waals surface area (Å²) in [5.41, 5.74) is 0. The first-order chi connectivity index (χ1) is 14.2. The molecule has 0 aromatic heterocycles. The summed E-state index contributed by atoms with van der Waals surface area (Å²) in [6, 6.07) is 0. The quantitative estimate of drug-likeness (QED) is 0.406. The fraction of sp³-hybridized carbons (Fsp3) is 0.778. The highest BCUT2D eigenvalue weighted by molar-refractivity contribution is 5.86. The Morgan fingerprint density at radius 1 is 0.533 bits per heavy atom. The molecular weight excluding hydrogens is 408 g/mol. The van der Waals surface area contributed by atoms with Crippen molar-refractivity contribution < 1.29 is 57.1 Å². The molecule has 2 spiro atoms. The Kier molecular flexibility index (Phi) is 6.32. The summed E-state index contributed by atoms with van der Waals surface area (Å²) in [6.07, 6.45) is -4.54. The van der Waals surface area contributed by atoms with Gasteiger partial charge in [0, 0.05) is 25.7 Å². The molecule has 3 fully saturated rings. The fourth-order valence-corrected chi connectivity index (χ4v) is 3.86. The van der Waals surface area contributed by atoms with Crippen LogP contribution in [0.25, 0.3) is 0 Å². The molecule has 3 rings (SSSR count). The van der Waals surface area contributed by atoms with E-state index < -0.39 is 59.9 Å². The fourth-order valence-electron chi connectivity index (χ4n) is 3.86. The number of rotatable bonds is 4. The second-order valence-electron chi connectivity index (χ2n) is 7.07. The lowest BCUT2D eigenvalue weighted by molar-refractivity contribution is -0.265. The highest BCUT2D eigenvalue weighted by Gasteiger charge is 2.62. The number of hydrogen-bond acceptors (Lipinski definition) is 12. The number of methoxy groups -OCH3 is 4. The molecule has 1 saturated carbocycles. The number of hydrogen-bond donors (Lipinski definition) is 0. The SMILES string of the molecule is COC(=O)[C@@H]1OC2(CCC3(CC2)O[C@@H](C(=O)OC)[C@H](C(=O)OC)O3)O[C@H]1C(=O)OC. The van der Waals surface area contributed by atoms with Gasteiger partial charge in [-0.1, -0.05) is 0 Å². The molecule has 2 aliphatic heterocycles. The number of esters is 4. The Morgan fingerprint density at radius 2 is 0.733 bits per heavy atom. The molecule has 12 heteroatoms. The maximum atomic E-state index is 12.0. The van der Waals surface area contributed by atoms with E-state index in [1.165, 1.54) is 28.4 Å². The van der Waals surface area contributed by atoms with Crippen molar-refractivity contribution in [3.63, 3.8) is 0 Å². The van der Waals surface area contributed by atoms with E-state index in [4.69, 9.17) is 18.9 Å². The van der Waals surface area contributed by atoms with E-state index in [1.807, 2.05) is 0 Å². The van der Waals surface area contributed by atoms with E-state index in [1.54, 1.807) is 0 Å². The van der Waals surface area contributed by atoms with Crippen molar-refractivity contribution in [3.8, 4) is 0 Å². The number of carbonyl (C=O) groups excluding carboxylic acids is 4. The largest absolute Gasteiger partial charge is 0.467 e. The molecule has 168 valence electrons. The zero-order valence-electron chi connectivity index (χ0n) is 17.0. The topological polar surface area (TPSA) is 142 Å². The third-order valence-corrected chi connectivity index (χ3v) is 5.42. The molecule has 1 aliphatic carbocycles. The molecular formula is C18H24O12. The first kappa shape index (κ1) is 22.4. The van der Waals surface area contributed by atoms with Crippen LogP contribution in [0.1, 0.15) is 25.7 Å². The smallest absolute Gasteiger partial charge is 0.338 e. The first-order valence-electron chi connectivity index (χ1n) is 9.26. The van der Waals surface area contributed by atoms with Crippen LogP contribution in [-0.4, -0.2) is 88.3 Å². The highest BCUT2D eigenvalue weighted by Crippen LogP contribution is 2.49. The van der Waals surface area contributed by atoms with Crippen molar-refractivity contribution >= 4 is 23.9 Å². The van der Waals surface area contributed by atoms with Crippen LogP contribution < -0.4 is 0 Å². The monoisotopic (exact) mass is 432 g/mol. The molecule has 2 heterocycles. The van der Waals surface area contributed by atoms with Gasteiger partial charge >= 0.3 is 23.9 Å². The summed E-state index contributed by atoms with van der Waals surface area (Å²) in [7, 11) is 4.67. The lowest BCUT2D eigenvalue weighted by Crippen LogP contribution is -2.45. The molecule has 0 unspecified atom stereocenters. The van der Waals surface area contributed by atoms with Crippen molar-refractivity contribution in [2.75, 3.05) is 28.4 Å². The summed E-state index contributed by atoms with van der Waals surface area (Å²) >= 11 is 0. The molecule has 0 radical (unpaired) electrons. The molecule has 12 nitrogen and oxygen atoms in total. The van der Waals surface area contributed by atoms with Gasteiger partial charge in [0.15, 0.2) is 36.0 Å². The van der Waals surface area contributed by atoms with Crippen LogP contribution >= 0.6 is 0 Å². The van der Waals surface area contributed by atoms with Gasteiger partial charge < -0.3 is 37.9 Å². The van der Waals surface area contributed by atoms with Crippen molar-refractivity contribution in [2.45, 2.75) is 61.7 Å². The summed E-state index contributed by atoms with van der Waals surface area (Å²) in [5.74, 6) is -5.64. The van der Waals surface area contributed by atoms with Crippen molar-refractivity contribution in [3.05, 3.63) is 0 Å². The van der Waals surface area contributed by atoms with E-state index in [2.05, 4.69) is 18.9 Å². The maximum absolute atomic E-state index is 12.0. The minimum Gasteiger partial charge on any atom is -0.467 e. The van der Waals surface area contributed by atoms with Crippen LogP contribution in [0.2, 0.25) is 0 Å². The Hall–Kier alpha value is -2.28. The average Bonchev–Trinajstić information content (AvgIpc) is 3.34. The molecule has 0 aromatic rings. The number of ether oxygens (including phenoxy) is 8. The van der Waals surface area contributed by atoms with E-state index in [9.17, 15) is 19.2 Å². The second-order valence-corrected chi connectivity index (χ2v) is 7.07. The van der Waals surface area contributed by atoms with Crippen LogP contribution in [0.5, 0.6) is 0 Å². The van der Waals surface area contributed by atoms with E-state index in [0.29, 0.717) is 0 Å². The molecule has 4 atom stereocenters. The minimum absolute atomic E-state index is 0.149. The summed E-state index contributed by atoms with van der Waals surface area (Å²) in [4.78, 5) is 48.1. The molecule has 0 aromatic carbocycles. The predicted molar refractivity (Wildman–Crippen MR) is 91.5 cm³/mol. The third-order valence-electron chi connectivity index (χ3n) is 5.42. The van der Waals surface area contributed by atoms with E-state index in [0.717, 1.165) is 0 Å². The van der Waals surface area contributed by atoms with Gasteiger partial charge in [0.1, 0.15) is 0 Å². The highest BCUT2D eigenvalue weighted by atomic mass is 16.8. The maximum Gasteiger partial charge on any atom is 0.338 e. The van der Waals surface area contributed by atoms with Crippen molar-refractivity contribution in [2.24, 2.45) is 0 Å². The van der Waals surface area contributed by atoms with E-state index >= 15 is 0 Å². The Balaban J connectivity index is 1.75. The zero-order valence-corrected chi connectivity index (χ0v) is 17.0. The van der Waals surface area contributed by atoms with Gasteiger partial charge in [-0.2, -0.15) is 0 Å². The minimum atomic E-state index is -1.28. The molecule has 0 amide bonds. The van der Waals surface area contributed by atoms with Gasteiger partial charge in [0.05, 0.1) is 28.4 Å². The van der Waals surface area contributed by atoms with Gasteiger partial charge in [0.25, 0.3) is 0 Å². The standard InChI is InChI=1S/C18H24O12/c1-23-13(19)9-10(14(20)24-2)28-17(27-9)5-7-18(8-6-17)29-11(15(21)25-3)12(30-18)16(22)26-4/h9-12H,5-8H2,1-4H3/t9-,10-,11-,12-/m1/s1. The Bertz CT molecular complexity index is 598. The molecule has 3 aliphatic rings. The molecule has 0 N–H and O–H groups in total. The predicted octanol–water partition coefficient (Wildman–Crippen LogP) is -0.787. The van der Waals surface area contributed by atoms with Crippen LogP contribution in [0.15, 0.2) is 0 Å². The molecule has 30 heavy (non-hydrogen) atoms. The zero-order chi connectivity index (χ0) is 22.1. The van der Waals surface area contributed by atoms with Crippen LogP contribution in [0, 0.1) is 0 Å². The lowest BCUT2D eigenvalue weighted by Gasteiger charge is -2.40. The molecule has 2 saturated heterocycles. The summed E-state index contributed by atoms with van der Waals surface area (Å²) < 4.78 is 41.9. The summed E-state index contributed by atoms with van der Waals surface area (Å²) in [6.45, 7) is 0. The van der Waals surface area contributed by atoms with Crippen molar-refractivity contribution in [1.29, 1.82) is 0 Å².